The Bertz CT molecular complexity index is 448. The molecule has 1 N–H and O–H groups in total. The zero-order valence-electron chi connectivity index (χ0n) is 9.09. The summed E-state index contributed by atoms with van der Waals surface area (Å²) in [4.78, 5) is 0.247. The van der Waals surface area contributed by atoms with Gasteiger partial charge in [0.2, 0.25) is 0 Å². The van der Waals surface area contributed by atoms with Crippen LogP contribution in [-0.4, -0.2) is 50.3 Å². The van der Waals surface area contributed by atoms with Crippen LogP contribution in [0.1, 0.15) is 0 Å². The van der Waals surface area contributed by atoms with Gasteiger partial charge in [-0.15, -0.1) is 0 Å². The van der Waals surface area contributed by atoms with Crippen LogP contribution >= 0.6 is 0 Å². The summed E-state index contributed by atoms with van der Waals surface area (Å²) < 4.78 is 29.6. The first-order valence-electron chi connectivity index (χ1n) is 5.10. The minimum absolute atomic E-state index is 0.0565. The third-order valence-electron chi connectivity index (χ3n) is 2.43. The molecule has 16 heavy (non-hydrogen) atoms. The zero-order valence-corrected chi connectivity index (χ0v) is 9.90. The lowest BCUT2D eigenvalue weighted by atomic mass is 10.3. The number of hydrogen-bond acceptors (Lipinski definition) is 5. The minimum atomic E-state index is -3.16. The number of hydrogen-bond donors (Lipinski definition) is 1. The van der Waals surface area contributed by atoms with Crippen molar-refractivity contribution in [3.63, 3.8) is 0 Å². The summed E-state index contributed by atoms with van der Waals surface area (Å²) in [7, 11) is -3.16. The largest absolute Gasteiger partial charge is 0.374 e. The van der Waals surface area contributed by atoms with E-state index in [0.717, 1.165) is 13.1 Å². The highest BCUT2D eigenvalue weighted by Crippen LogP contribution is 2.08. The molecule has 0 spiro atoms. The molecule has 0 amide bonds. The molecule has 1 aliphatic rings. The molecule has 2 rings (SSSR count). The second-order valence-electron chi connectivity index (χ2n) is 3.87. The molecule has 90 valence electrons. The van der Waals surface area contributed by atoms with Crippen molar-refractivity contribution < 1.29 is 13.2 Å². The van der Waals surface area contributed by atoms with Crippen molar-refractivity contribution in [2.24, 2.45) is 0 Å². The van der Waals surface area contributed by atoms with Gasteiger partial charge in [0.1, 0.15) is 4.90 Å². The Morgan fingerprint density at radius 3 is 3.06 bits per heavy atom. The second kappa shape index (κ2) is 4.52. The number of sulfone groups is 1. The fourth-order valence-corrected chi connectivity index (χ4v) is 2.13. The monoisotopic (exact) mass is 245 g/mol. The van der Waals surface area contributed by atoms with Gasteiger partial charge >= 0.3 is 0 Å². The quantitative estimate of drug-likeness (QED) is 0.760. The van der Waals surface area contributed by atoms with Gasteiger partial charge in [0.05, 0.1) is 25.5 Å². The molecular formula is C9H15N3O3S. The highest BCUT2D eigenvalue weighted by molar-refractivity contribution is 7.90. The topological polar surface area (TPSA) is 73.2 Å². The molecule has 0 radical (unpaired) electrons. The van der Waals surface area contributed by atoms with E-state index in [1.54, 1.807) is 4.68 Å². The molecule has 0 bridgehead atoms. The highest BCUT2D eigenvalue weighted by Gasteiger charge is 2.16. The van der Waals surface area contributed by atoms with Crippen molar-refractivity contribution in [3.05, 3.63) is 12.4 Å². The summed E-state index contributed by atoms with van der Waals surface area (Å²) >= 11 is 0. The van der Waals surface area contributed by atoms with Crippen molar-refractivity contribution in [1.82, 2.24) is 15.1 Å². The van der Waals surface area contributed by atoms with Crippen LogP contribution in [0.25, 0.3) is 0 Å². The number of ether oxygens (including phenoxy) is 1. The molecule has 1 saturated heterocycles. The second-order valence-corrected chi connectivity index (χ2v) is 5.88. The van der Waals surface area contributed by atoms with Gasteiger partial charge in [-0.3, -0.25) is 4.68 Å². The summed E-state index contributed by atoms with van der Waals surface area (Å²) in [5.74, 6) is 0. The Hall–Kier alpha value is -0.920. The smallest absolute Gasteiger partial charge is 0.178 e. The number of aromatic nitrogens is 2. The van der Waals surface area contributed by atoms with Gasteiger partial charge in [0.25, 0.3) is 0 Å². The van der Waals surface area contributed by atoms with Gasteiger partial charge in [-0.25, -0.2) is 8.42 Å². The molecule has 0 aliphatic carbocycles. The van der Waals surface area contributed by atoms with Crippen LogP contribution in [-0.2, 0) is 21.1 Å². The molecule has 6 nitrogen and oxygen atoms in total. The van der Waals surface area contributed by atoms with Crippen LogP contribution in [0.5, 0.6) is 0 Å². The Balaban J connectivity index is 2.02. The molecule has 1 aromatic heterocycles. The maximum absolute atomic E-state index is 11.2. The van der Waals surface area contributed by atoms with Gasteiger partial charge in [-0.2, -0.15) is 5.10 Å². The van der Waals surface area contributed by atoms with E-state index in [4.69, 9.17) is 4.74 Å². The average Bonchev–Trinajstić information content (AvgIpc) is 2.67. The highest BCUT2D eigenvalue weighted by atomic mass is 32.2. The molecule has 0 saturated carbocycles. The summed E-state index contributed by atoms with van der Waals surface area (Å²) in [5, 5.41) is 7.21. The Morgan fingerprint density at radius 1 is 1.69 bits per heavy atom. The third-order valence-corrected chi connectivity index (χ3v) is 3.50. The van der Waals surface area contributed by atoms with Crippen molar-refractivity contribution in [3.8, 4) is 0 Å². The lowest BCUT2D eigenvalue weighted by molar-refractivity contribution is 0.0161. The standard InChI is InChI=1S/C9H15N3O3S/c1-16(13,14)9-5-11-12(7-9)6-8-4-10-2-3-15-8/h5,7-8,10H,2-4,6H2,1H3. The van der Waals surface area contributed by atoms with E-state index < -0.39 is 9.84 Å². The van der Waals surface area contributed by atoms with Gasteiger partial charge in [0, 0.05) is 25.5 Å². The van der Waals surface area contributed by atoms with E-state index in [1.807, 2.05) is 0 Å². The van der Waals surface area contributed by atoms with E-state index in [0.29, 0.717) is 13.2 Å². The van der Waals surface area contributed by atoms with Crippen LogP contribution in [0.3, 0.4) is 0 Å². The molecule has 1 fully saturated rings. The number of nitrogens with zero attached hydrogens (tertiary/aromatic N) is 2. The normalized spacial score (nSPS) is 22.2. The Morgan fingerprint density at radius 2 is 2.50 bits per heavy atom. The summed E-state index contributed by atoms with van der Waals surface area (Å²) in [6.45, 7) is 2.89. The van der Waals surface area contributed by atoms with Crippen LogP contribution in [0.2, 0.25) is 0 Å². The third kappa shape index (κ3) is 2.81. The number of nitrogens with one attached hydrogen (secondary N) is 1. The van der Waals surface area contributed by atoms with Crippen molar-refractivity contribution in [2.75, 3.05) is 26.0 Å². The van der Waals surface area contributed by atoms with E-state index in [-0.39, 0.29) is 11.0 Å². The summed E-state index contributed by atoms with van der Waals surface area (Å²) in [5.41, 5.74) is 0. The first-order valence-corrected chi connectivity index (χ1v) is 7.00. The van der Waals surface area contributed by atoms with Crippen LogP contribution in [0, 0.1) is 0 Å². The van der Waals surface area contributed by atoms with E-state index in [9.17, 15) is 8.42 Å². The Kier molecular flexibility index (Phi) is 3.27. The van der Waals surface area contributed by atoms with Crippen molar-refractivity contribution in [1.29, 1.82) is 0 Å². The first kappa shape index (κ1) is 11.6. The van der Waals surface area contributed by atoms with Crippen LogP contribution < -0.4 is 5.32 Å². The van der Waals surface area contributed by atoms with E-state index >= 15 is 0 Å². The zero-order chi connectivity index (χ0) is 11.6. The summed E-state index contributed by atoms with van der Waals surface area (Å²) in [6, 6.07) is 0. The maximum atomic E-state index is 11.2. The molecule has 1 unspecified atom stereocenters. The SMILES string of the molecule is CS(=O)(=O)c1cnn(CC2CNCCO2)c1. The van der Waals surface area contributed by atoms with Crippen molar-refractivity contribution in [2.45, 2.75) is 17.5 Å². The van der Waals surface area contributed by atoms with E-state index in [1.165, 1.54) is 18.6 Å². The summed E-state index contributed by atoms with van der Waals surface area (Å²) in [6.07, 6.45) is 4.13. The van der Waals surface area contributed by atoms with Crippen molar-refractivity contribution >= 4 is 9.84 Å². The van der Waals surface area contributed by atoms with Gasteiger partial charge in [-0.05, 0) is 0 Å². The van der Waals surface area contributed by atoms with Crippen LogP contribution in [0.4, 0.5) is 0 Å². The fourth-order valence-electron chi connectivity index (χ4n) is 1.58. The van der Waals surface area contributed by atoms with Crippen LogP contribution in [0.15, 0.2) is 17.3 Å². The van der Waals surface area contributed by atoms with E-state index in [2.05, 4.69) is 10.4 Å². The van der Waals surface area contributed by atoms with Gasteiger partial charge in [-0.1, -0.05) is 0 Å². The maximum Gasteiger partial charge on any atom is 0.178 e. The number of rotatable bonds is 3. The average molecular weight is 245 g/mol. The predicted molar refractivity (Wildman–Crippen MR) is 57.9 cm³/mol. The fraction of sp³-hybridized carbons (Fsp3) is 0.667. The molecule has 1 atom stereocenters. The van der Waals surface area contributed by atoms with Gasteiger partial charge in [0.15, 0.2) is 9.84 Å². The minimum Gasteiger partial charge on any atom is -0.374 e. The first-order chi connectivity index (χ1) is 7.55. The molecule has 1 aromatic rings. The predicted octanol–water partition coefficient (Wildman–Crippen LogP) is -0.725. The number of morpholine rings is 1. The molecule has 0 aromatic carbocycles. The molecule has 1 aliphatic heterocycles. The molecule has 7 heteroatoms. The molecule has 2 heterocycles. The lowest BCUT2D eigenvalue weighted by Gasteiger charge is -2.23. The Labute approximate surface area is 94.5 Å². The van der Waals surface area contributed by atoms with Gasteiger partial charge < -0.3 is 10.1 Å². The molecular weight excluding hydrogens is 230 g/mol. The lowest BCUT2D eigenvalue weighted by Crippen LogP contribution is -2.40.